The maximum Gasteiger partial charge on any atom is 0.498 e. The van der Waals surface area contributed by atoms with Crippen molar-refractivity contribution < 1.29 is 28.0 Å². The van der Waals surface area contributed by atoms with Gasteiger partial charge in [-0.25, -0.2) is 0 Å². The largest absolute Gasteiger partial charge is 0.498 e. The van der Waals surface area contributed by atoms with E-state index in [4.69, 9.17) is 23.2 Å². The van der Waals surface area contributed by atoms with Crippen molar-refractivity contribution in [3.8, 4) is 5.75 Å². The van der Waals surface area contributed by atoms with Crippen LogP contribution < -0.4 is 10.2 Å². The Morgan fingerprint density at radius 1 is 1.00 bits per heavy atom. The maximum atomic E-state index is 11.9. The van der Waals surface area contributed by atoms with Gasteiger partial charge in [0.1, 0.15) is 17.9 Å². The molecule has 0 bridgehead atoms. The summed E-state index contributed by atoms with van der Waals surface area (Å²) in [6.07, 6.45) is 1.84. The number of ether oxygens (including phenoxy) is 2. The van der Waals surface area contributed by atoms with Crippen LogP contribution in [0.3, 0.4) is 0 Å². The summed E-state index contributed by atoms with van der Waals surface area (Å²) >= 11 is 0. The lowest BCUT2D eigenvalue weighted by Gasteiger charge is -2.32. The number of esters is 1. The Morgan fingerprint density at radius 2 is 1.68 bits per heavy atom. The summed E-state index contributed by atoms with van der Waals surface area (Å²) in [7, 11) is -0.537. The van der Waals surface area contributed by atoms with Gasteiger partial charge in [-0.2, -0.15) is 0 Å². The molecule has 2 heterocycles. The maximum absolute atomic E-state index is 11.9. The van der Waals surface area contributed by atoms with E-state index in [0.717, 1.165) is 27.6 Å². The first-order valence-electron chi connectivity index (χ1n) is 11.9. The van der Waals surface area contributed by atoms with E-state index >= 15 is 0 Å². The highest BCUT2D eigenvalue weighted by molar-refractivity contribution is 6.64. The Hall–Kier alpha value is -2.77. The third kappa shape index (κ3) is 5.48. The van der Waals surface area contributed by atoms with Gasteiger partial charge in [0.15, 0.2) is 0 Å². The molecular formula is C27H35BO6. The minimum atomic E-state index is -0.537. The molecule has 4 rings (SSSR count). The molecule has 182 valence electrons. The Kier molecular flexibility index (Phi) is 8.11. The number of hydrogen-bond donors (Lipinski definition) is 0. The Morgan fingerprint density at radius 3 is 2.35 bits per heavy atom. The van der Waals surface area contributed by atoms with Gasteiger partial charge in [-0.05, 0) is 58.4 Å². The standard InChI is InChI=1S/C25H29BO6.C2H6/c1-6-28-22(27)15-18-9-7-8-10-21(18)30-16-17-13-19-11-12-29-23(19)20(14-17)26-31-24(2,3)25(4,5)32-26;1-2/h7-14H,6,15-16H2,1-5H3;1-2H3. The van der Waals surface area contributed by atoms with E-state index < -0.39 is 18.3 Å². The Bertz CT molecular complexity index is 1100. The highest BCUT2D eigenvalue weighted by Crippen LogP contribution is 2.37. The van der Waals surface area contributed by atoms with Gasteiger partial charge in [-0.15, -0.1) is 0 Å². The summed E-state index contributed by atoms with van der Waals surface area (Å²) in [6, 6.07) is 13.5. The van der Waals surface area contributed by atoms with E-state index in [-0.39, 0.29) is 12.4 Å². The van der Waals surface area contributed by atoms with Crippen LogP contribution in [0.5, 0.6) is 5.75 Å². The van der Waals surface area contributed by atoms with Crippen molar-refractivity contribution in [2.45, 2.75) is 72.7 Å². The monoisotopic (exact) mass is 466 g/mol. The molecule has 7 heteroatoms. The van der Waals surface area contributed by atoms with Crippen molar-refractivity contribution in [2.24, 2.45) is 0 Å². The zero-order valence-corrected chi connectivity index (χ0v) is 21.3. The lowest BCUT2D eigenvalue weighted by Crippen LogP contribution is -2.41. The fourth-order valence-electron chi connectivity index (χ4n) is 3.72. The molecule has 1 fully saturated rings. The fourth-order valence-corrected chi connectivity index (χ4v) is 3.72. The van der Waals surface area contributed by atoms with Crippen molar-refractivity contribution >= 4 is 29.5 Å². The molecule has 2 aromatic carbocycles. The molecule has 0 spiro atoms. The minimum absolute atomic E-state index is 0.171. The molecule has 1 aliphatic rings. The average molecular weight is 466 g/mol. The minimum Gasteiger partial charge on any atom is -0.489 e. The van der Waals surface area contributed by atoms with Gasteiger partial charge in [-0.1, -0.05) is 38.1 Å². The van der Waals surface area contributed by atoms with Crippen LogP contribution in [-0.4, -0.2) is 30.9 Å². The quantitative estimate of drug-likeness (QED) is 0.341. The van der Waals surface area contributed by atoms with Crippen molar-refractivity contribution in [1.29, 1.82) is 0 Å². The number of carbonyl (C=O) groups excluding carboxylic acids is 1. The van der Waals surface area contributed by atoms with Crippen LogP contribution in [0.1, 0.15) is 59.6 Å². The van der Waals surface area contributed by atoms with Gasteiger partial charge in [0.2, 0.25) is 0 Å². The summed E-state index contributed by atoms with van der Waals surface area (Å²) < 4.78 is 29.4. The molecule has 6 nitrogen and oxygen atoms in total. The van der Waals surface area contributed by atoms with Crippen molar-refractivity contribution in [1.82, 2.24) is 0 Å². The fraction of sp³-hybridized carbons (Fsp3) is 0.444. The van der Waals surface area contributed by atoms with Gasteiger partial charge in [-0.3, -0.25) is 4.79 Å². The smallest absolute Gasteiger partial charge is 0.489 e. The first kappa shape index (κ1) is 25.9. The molecule has 3 aromatic rings. The lowest BCUT2D eigenvalue weighted by atomic mass is 9.77. The predicted octanol–water partition coefficient (Wildman–Crippen LogP) is 5.44. The number of fused-ring (bicyclic) bond motifs is 1. The van der Waals surface area contributed by atoms with Crippen molar-refractivity contribution in [3.63, 3.8) is 0 Å². The SMILES string of the molecule is CC.CCOC(=O)Cc1ccccc1OCc1cc(B2OC(C)(C)C(C)(C)O2)c2occc2c1. The highest BCUT2D eigenvalue weighted by Gasteiger charge is 2.52. The number of furan rings is 1. The second-order valence-electron chi connectivity index (χ2n) is 8.99. The summed E-state index contributed by atoms with van der Waals surface area (Å²) in [6.45, 7) is 14.6. The number of benzene rings is 2. The zero-order chi connectivity index (χ0) is 24.9. The zero-order valence-electron chi connectivity index (χ0n) is 21.3. The van der Waals surface area contributed by atoms with Crippen LogP contribution in [0.25, 0.3) is 11.0 Å². The second-order valence-corrected chi connectivity index (χ2v) is 8.99. The number of carbonyl (C=O) groups is 1. The van der Waals surface area contributed by atoms with E-state index in [1.54, 1.807) is 13.2 Å². The van der Waals surface area contributed by atoms with Gasteiger partial charge < -0.3 is 23.2 Å². The van der Waals surface area contributed by atoms with Gasteiger partial charge in [0.25, 0.3) is 0 Å². The predicted molar refractivity (Wildman–Crippen MR) is 134 cm³/mol. The molecule has 0 radical (unpaired) electrons. The van der Waals surface area contributed by atoms with Crippen LogP contribution in [0.4, 0.5) is 0 Å². The number of para-hydroxylation sites is 1. The molecular weight excluding hydrogens is 431 g/mol. The molecule has 0 saturated carbocycles. The first-order valence-corrected chi connectivity index (χ1v) is 11.9. The Labute approximate surface area is 202 Å². The average Bonchev–Trinajstić information content (AvgIpc) is 3.35. The van der Waals surface area contributed by atoms with Crippen LogP contribution >= 0.6 is 0 Å². The van der Waals surface area contributed by atoms with Crippen LogP contribution in [-0.2, 0) is 31.9 Å². The molecule has 1 aliphatic heterocycles. The molecule has 0 aliphatic carbocycles. The van der Waals surface area contributed by atoms with Gasteiger partial charge in [0, 0.05) is 16.4 Å². The van der Waals surface area contributed by atoms with E-state index in [9.17, 15) is 4.79 Å². The summed E-state index contributed by atoms with van der Waals surface area (Å²) in [5.74, 6) is 0.386. The van der Waals surface area contributed by atoms with Crippen molar-refractivity contribution in [3.05, 3.63) is 59.9 Å². The summed E-state index contributed by atoms with van der Waals surface area (Å²) in [5.41, 5.74) is 2.43. The van der Waals surface area contributed by atoms with E-state index in [2.05, 4.69) is 0 Å². The molecule has 1 saturated heterocycles. The summed E-state index contributed by atoms with van der Waals surface area (Å²) in [5, 5.41) is 0.954. The van der Waals surface area contributed by atoms with E-state index in [0.29, 0.717) is 19.0 Å². The van der Waals surface area contributed by atoms with Crippen molar-refractivity contribution in [2.75, 3.05) is 6.61 Å². The van der Waals surface area contributed by atoms with Gasteiger partial charge in [0.05, 0.1) is 30.5 Å². The third-order valence-electron chi connectivity index (χ3n) is 6.15. The highest BCUT2D eigenvalue weighted by atomic mass is 16.7. The normalized spacial score (nSPS) is 16.1. The lowest BCUT2D eigenvalue weighted by molar-refractivity contribution is -0.142. The molecule has 0 amide bonds. The Balaban J connectivity index is 0.00000158. The topological polar surface area (TPSA) is 67.1 Å². The number of rotatable bonds is 7. The first-order chi connectivity index (χ1) is 16.2. The molecule has 0 atom stereocenters. The van der Waals surface area contributed by atoms with E-state index in [1.165, 1.54) is 0 Å². The van der Waals surface area contributed by atoms with Crippen LogP contribution in [0.15, 0.2) is 53.1 Å². The molecule has 1 aromatic heterocycles. The van der Waals surface area contributed by atoms with Crippen LogP contribution in [0.2, 0.25) is 0 Å². The van der Waals surface area contributed by atoms with E-state index in [1.807, 2.05) is 84.0 Å². The molecule has 0 unspecified atom stereocenters. The number of hydrogen-bond acceptors (Lipinski definition) is 6. The second kappa shape index (κ2) is 10.7. The van der Waals surface area contributed by atoms with Gasteiger partial charge >= 0.3 is 13.1 Å². The summed E-state index contributed by atoms with van der Waals surface area (Å²) in [4.78, 5) is 11.9. The molecule has 0 N–H and O–H groups in total. The molecule has 34 heavy (non-hydrogen) atoms. The van der Waals surface area contributed by atoms with Crippen LogP contribution in [0, 0.1) is 0 Å². The third-order valence-corrected chi connectivity index (χ3v) is 6.15.